The Kier molecular flexibility index (Phi) is 5.88. The highest BCUT2D eigenvalue weighted by atomic mass is 32.2. The fourth-order valence-corrected chi connectivity index (χ4v) is 5.45. The number of piperazine rings is 1. The molecular weight excluding hydrogens is 432 g/mol. The zero-order valence-corrected chi connectivity index (χ0v) is 18.0. The predicted molar refractivity (Wildman–Crippen MR) is 110 cm³/mol. The van der Waals surface area contributed by atoms with Gasteiger partial charge >= 0.3 is 0 Å². The lowest BCUT2D eigenvalue weighted by Gasteiger charge is -2.33. The largest absolute Gasteiger partial charge is 0.300 e. The molecule has 0 amide bonds. The van der Waals surface area contributed by atoms with E-state index in [0.717, 1.165) is 41.2 Å². The molecule has 7 nitrogen and oxygen atoms in total. The van der Waals surface area contributed by atoms with Gasteiger partial charge in [-0.2, -0.15) is 9.40 Å². The summed E-state index contributed by atoms with van der Waals surface area (Å²) in [4.78, 5) is 1.14. The normalized spacial score (nSPS) is 18.6. The monoisotopic (exact) mass is 455 g/mol. The standard InChI is InChI=1S/C19H23F2N5O2S2/c1-2-8-25-18(14-6-7-14)22-26(19(25)29)13-23-9-11-24(12-10-23)30(27,28)17-15(20)4-3-5-16(17)21/h2-5,14H,1,6-13H2. The number of allylic oxidation sites excluding steroid dienone is 1. The lowest BCUT2D eigenvalue weighted by molar-refractivity contribution is 0.144. The minimum atomic E-state index is -4.24. The van der Waals surface area contributed by atoms with Crippen LogP contribution in [-0.2, 0) is 23.2 Å². The van der Waals surface area contributed by atoms with Gasteiger partial charge < -0.3 is 0 Å². The Labute approximate surface area is 179 Å². The highest BCUT2D eigenvalue weighted by molar-refractivity contribution is 7.89. The van der Waals surface area contributed by atoms with E-state index in [9.17, 15) is 17.2 Å². The number of hydrogen-bond donors (Lipinski definition) is 0. The van der Waals surface area contributed by atoms with Gasteiger partial charge in [0.05, 0.1) is 6.67 Å². The molecule has 30 heavy (non-hydrogen) atoms. The Bertz CT molecular complexity index is 1100. The number of benzene rings is 1. The molecule has 2 fully saturated rings. The van der Waals surface area contributed by atoms with Gasteiger partial charge in [-0.15, -0.1) is 6.58 Å². The molecule has 0 spiro atoms. The van der Waals surface area contributed by atoms with Crippen LogP contribution in [-0.4, -0.2) is 58.1 Å². The van der Waals surface area contributed by atoms with Gasteiger partial charge in [-0.25, -0.2) is 21.9 Å². The number of nitrogens with zero attached hydrogens (tertiary/aromatic N) is 5. The average molecular weight is 456 g/mol. The molecule has 4 rings (SSSR count). The Balaban J connectivity index is 1.46. The molecule has 0 radical (unpaired) electrons. The lowest BCUT2D eigenvalue weighted by atomic mass is 10.3. The van der Waals surface area contributed by atoms with Crippen molar-refractivity contribution in [1.29, 1.82) is 0 Å². The highest BCUT2D eigenvalue weighted by Gasteiger charge is 2.34. The van der Waals surface area contributed by atoms with Gasteiger partial charge in [-0.05, 0) is 37.2 Å². The molecule has 1 saturated heterocycles. The number of halogens is 2. The molecule has 0 N–H and O–H groups in total. The van der Waals surface area contributed by atoms with E-state index < -0.39 is 26.6 Å². The van der Waals surface area contributed by atoms with Crippen LogP contribution in [0.4, 0.5) is 8.78 Å². The molecule has 2 aliphatic rings. The lowest BCUT2D eigenvalue weighted by Crippen LogP contribution is -2.49. The second kappa shape index (κ2) is 8.29. The molecule has 2 heterocycles. The summed E-state index contributed by atoms with van der Waals surface area (Å²) in [5.41, 5.74) is 0. The van der Waals surface area contributed by atoms with Crippen molar-refractivity contribution in [2.75, 3.05) is 26.2 Å². The Morgan fingerprint density at radius 1 is 1.17 bits per heavy atom. The maximum Gasteiger partial charge on any atom is 0.249 e. The van der Waals surface area contributed by atoms with E-state index in [1.807, 2.05) is 9.47 Å². The smallest absolute Gasteiger partial charge is 0.249 e. The first-order chi connectivity index (χ1) is 14.3. The van der Waals surface area contributed by atoms with Gasteiger partial charge in [0.2, 0.25) is 10.0 Å². The summed E-state index contributed by atoms with van der Waals surface area (Å²) in [6.45, 7) is 5.89. The van der Waals surface area contributed by atoms with E-state index in [4.69, 9.17) is 12.2 Å². The molecular formula is C19H23F2N5O2S2. The summed E-state index contributed by atoms with van der Waals surface area (Å²) in [6, 6.07) is 3.04. The van der Waals surface area contributed by atoms with E-state index in [2.05, 4.69) is 11.7 Å². The maximum atomic E-state index is 14.0. The molecule has 1 aliphatic carbocycles. The maximum absolute atomic E-state index is 14.0. The minimum absolute atomic E-state index is 0.131. The van der Waals surface area contributed by atoms with Crippen molar-refractivity contribution in [2.24, 2.45) is 0 Å². The van der Waals surface area contributed by atoms with Crippen molar-refractivity contribution in [3.63, 3.8) is 0 Å². The van der Waals surface area contributed by atoms with Gasteiger partial charge in [0.25, 0.3) is 0 Å². The summed E-state index contributed by atoms with van der Waals surface area (Å²) < 4.78 is 58.9. The van der Waals surface area contributed by atoms with Gasteiger partial charge in [0.15, 0.2) is 9.67 Å². The molecule has 1 aromatic carbocycles. The van der Waals surface area contributed by atoms with Crippen molar-refractivity contribution in [3.8, 4) is 0 Å². The van der Waals surface area contributed by atoms with Crippen LogP contribution in [0.1, 0.15) is 24.6 Å². The fourth-order valence-electron chi connectivity index (χ4n) is 3.65. The predicted octanol–water partition coefficient (Wildman–Crippen LogP) is 2.72. The average Bonchev–Trinajstić information content (AvgIpc) is 3.50. The van der Waals surface area contributed by atoms with E-state index in [1.165, 1.54) is 0 Å². The molecule has 11 heteroatoms. The van der Waals surface area contributed by atoms with E-state index in [0.29, 0.717) is 37.0 Å². The summed E-state index contributed by atoms with van der Waals surface area (Å²) in [5.74, 6) is -0.755. The first-order valence-corrected chi connectivity index (χ1v) is 11.6. The Hall–Kier alpha value is -1.95. The fraction of sp³-hybridized carbons (Fsp3) is 0.474. The van der Waals surface area contributed by atoms with Crippen molar-refractivity contribution in [3.05, 3.63) is 53.1 Å². The summed E-state index contributed by atoms with van der Waals surface area (Å²) >= 11 is 5.57. The SMILES string of the molecule is C=CCn1c(C2CC2)nn(CN2CCN(S(=O)(=O)c3c(F)cccc3F)CC2)c1=S. The highest BCUT2D eigenvalue weighted by Crippen LogP contribution is 2.39. The Morgan fingerprint density at radius 3 is 2.37 bits per heavy atom. The van der Waals surface area contributed by atoms with Crippen LogP contribution in [0.15, 0.2) is 35.7 Å². The third-order valence-electron chi connectivity index (χ3n) is 5.39. The molecule has 162 valence electrons. The third kappa shape index (κ3) is 3.98. The van der Waals surface area contributed by atoms with E-state index >= 15 is 0 Å². The second-order valence-electron chi connectivity index (χ2n) is 7.53. The van der Waals surface area contributed by atoms with Gasteiger partial charge in [-0.1, -0.05) is 12.1 Å². The van der Waals surface area contributed by atoms with Crippen molar-refractivity contribution in [1.82, 2.24) is 23.6 Å². The van der Waals surface area contributed by atoms with Crippen LogP contribution in [0.2, 0.25) is 0 Å². The molecule has 2 aromatic rings. The summed E-state index contributed by atoms with van der Waals surface area (Å²) in [6.07, 6.45) is 4.00. The van der Waals surface area contributed by atoms with Crippen molar-refractivity contribution < 1.29 is 17.2 Å². The summed E-state index contributed by atoms with van der Waals surface area (Å²) in [7, 11) is -4.24. The quantitative estimate of drug-likeness (QED) is 0.475. The first-order valence-electron chi connectivity index (χ1n) is 9.78. The van der Waals surface area contributed by atoms with Gasteiger partial charge in [0, 0.05) is 38.6 Å². The zero-order chi connectivity index (χ0) is 21.5. The zero-order valence-electron chi connectivity index (χ0n) is 16.4. The molecule has 0 atom stereocenters. The van der Waals surface area contributed by atoms with Crippen LogP contribution in [0, 0.1) is 16.4 Å². The van der Waals surface area contributed by atoms with Crippen LogP contribution < -0.4 is 0 Å². The number of aromatic nitrogens is 3. The van der Waals surface area contributed by atoms with Crippen LogP contribution in [0.3, 0.4) is 0 Å². The van der Waals surface area contributed by atoms with Gasteiger partial charge in [0.1, 0.15) is 17.5 Å². The number of rotatable bonds is 7. The van der Waals surface area contributed by atoms with Crippen molar-refractivity contribution in [2.45, 2.75) is 36.9 Å². The number of sulfonamides is 1. The second-order valence-corrected chi connectivity index (χ2v) is 9.77. The van der Waals surface area contributed by atoms with E-state index in [-0.39, 0.29) is 13.1 Å². The molecule has 1 aliphatic heterocycles. The van der Waals surface area contributed by atoms with Crippen LogP contribution >= 0.6 is 12.2 Å². The third-order valence-corrected chi connectivity index (χ3v) is 7.77. The number of hydrogen-bond acceptors (Lipinski definition) is 5. The topological polar surface area (TPSA) is 63.4 Å². The minimum Gasteiger partial charge on any atom is -0.300 e. The van der Waals surface area contributed by atoms with E-state index in [1.54, 1.807) is 10.8 Å². The van der Waals surface area contributed by atoms with Gasteiger partial charge in [-0.3, -0.25) is 9.47 Å². The molecule has 1 aromatic heterocycles. The molecule has 0 unspecified atom stereocenters. The molecule has 0 bridgehead atoms. The first kappa shape index (κ1) is 21.3. The van der Waals surface area contributed by atoms with Crippen LogP contribution in [0.5, 0.6) is 0 Å². The summed E-state index contributed by atoms with van der Waals surface area (Å²) in [5, 5.41) is 4.68. The molecule has 1 saturated carbocycles. The Morgan fingerprint density at radius 2 is 1.80 bits per heavy atom. The van der Waals surface area contributed by atoms with Crippen LogP contribution in [0.25, 0.3) is 0 Å². The van der Waals surface area contributed by atoms with Crippen molar-refractivity contribution >= 4 is 22.2 Å².